The molecule has 2 aromatic rings. The summed E-state index contributed by atoms with van der Waals surface area (Å²) >= 11 is 18.3. The van der Waals surface area contributed by atoms with E-state index < -0.39 is 24.5 Å². The zero-order valence-corrected chi connectivity index (χ0v) is 15.8. The van der Waals surface area contributed by atoms with Gasteiger partial charge in [-0.2, -0.15) is 0 Å². The molecule has 1 fully saturated rings. The Kier molecular flexibility index (Phi) is 6.11. The number of aromatic nitrogens is 2. The Morgan fingerprint density at radius 3 is 2.64 bits per heavy atom. The van der Waals surface area contributed by atoms with Gasteiger partial charge in [-0.25, -0.2) is 4.98 Å². The van der Waals surface area contributed by atoms with Crippen LogP contribution in [0.3, 0.4) is 0 Å². The van der Waals surface area contributed by atoms with Gasteiger partial charge in [0, 0.05) is 6.61 Å². The molecule has 0 saturated carbocycles. The highest BCUT2D eigenvalue weighted by Crippen LogP contribution is 2.37. The molecule has 0 radical (unpaired) electrons. The van der Waals surface area contributed by atoms with Crippen molar-refractivity contribution in [2.75, 3.05) is 13.2 Å². The molecule has 2 heterocycles. The van der Waals surface area contributed by atoms with Crippen LogP contribution in [-0.2, 0) is 9.47 Å². The Hall–Kier alpha value is -0.600. The van der Waals surface area contributed by atoms with Gasteiger partial charge in [-0.05, 0) is 30.2 Å². The number of imidazole rings is 1. The van der Waals surface area contributed by atoms with E-state index in [9.17, 15) is 10.2 Å². The molecular weight excluding hydrogens is 391 g/mol. The molecule has 0 amide bonds. The molecule has 1 unspecified atom stereocenters. The zero-order valence-electron chi connectivity index (χ0n) is 13.5. The molecule has 138 valence electrons. The van der Waals surface area contributed by atoms with Crippen molar-refractivity contribution in [3.8, 4) is 0 Å². The van der Waals surface area contributed by atoms with E-state index in [0.29, 0.717) is 27.7 Å². The average molecular weight is 410 g/mol. The van der Waals surface area contributed by atoms with Crippen LogP contribution in [0, 0.1) is 0 Å². The van der Waals surface area contributed by atoms with Crippen molar-refractivity contribution in [2.24, 2.45) is 0 Å². The normalized spacial score (nSPS) is 26.6. The third-order valence-electron chi connectivity index (χ3n) is 4.20. The molecule has 1 aliphatic heterocycles. The van der Waals surface area contributed by atoms with Crippen LogP contribution in [0.4, 0.5) is 0 Å². The van der Waals surface area contributed by atoms with Gasteiger partial charge < -0.3 is 19.7 Å². The first-order valence-corrected chi connectivity index (χ1v) is 9.19. The third-order valence-corrected chi connectivity index (χ3v) is 5.19. The number of aliphatic hydroxyl groups excluding tert-OH is 2. The topological polar surface area (TPSA) is 76.7 Å². The maximum Gasteiger partial charge on any atom is 0.206 e. The smallest absolute Gasteiger partial charge is 0.206 e. The summed E-state index contributed by atoms with van der Waals surface area (Å²) in [6, 6.07) is 3.19. The van der Waals surface area contributed by atoms with Crippen molar-refractivity contribution < 1.29 is 19.7 Å². The molecule has 4 atom stereocenters. The summed E-state index contributed by atoms with van der Waals surface area (Å²) in [7, 11) is 0. The van der Waals surface area contributed by atoms with Crippen LogP contribution in [0.25, 0.3) is 11.0 Å². The van der Waals surface area contributed by atoms with Crippen molar-refractivity contribution >= 4 is 45.8 Å². The van der Waals surface area contributed by atoms with E-state index in [1.165, 1.54) is 4.57 Å². The van der Waals surface area contributed by atoms with Crippen LogP contribution in [0.1, 0.15) is 26.0 Å². The van der Waals surface area contributed by atoms with Gasteiger partial charge in [-0.1, -0.05) is 36.5 Å². The van der Waals surface area contributed by atoms with Crippen molar-refractivity contribution in [3.63, 3.8) is 0 Å². The van der Waals surface area contributed by atoms with Crippen LogP contribution in [0.15, 0.2) is 12.1 Å². The summed E-state index contributed by atoms with van der Waals surface area (Å²) < 4.78 is 12.8. The number of halogens is 3. The van der Waals surface area contributed by atoms with Crippen LogP contribution in [0.2, 0.25) is 15.3 Å². The van der Waals surface area contributed by atoms with E-state index in [-0.39, 0.29) is 11.9 Å². The van der Waals surface area contributed by atoms with E-state index in [1.54, 1.807) is 12.1 Å². The molecule has 9 heteroatoms. The van der Waals surface area contributed by atoms with Crippen LogP contribution in [0.5, 0.6) is 0 Å². The summed E-state index contributed by atoms with van der Waals surface area (Å²) in [6.07, 6.45) is -1.89. The summed E-state index contributed by atoms with van der Waals surface area (Å²) in [6.45, 7) is 2.83. The molecule has 25 heavy (non-hydrogen) atoms. The van der Waals surface area contributed by atoms with Crippen molar-refractivity contribution in [3.05, 3.63) is 27.5 Å². The lowest BCUT2D eigenvalue weighted by atomic mass is 10.1. The van der Waals surface area contributed by atoms with Crippen molar-refractivity contribution in [1.82, 2.24) is 9.55 Å². The number of rotatable bonds is 6. The van der Waals surface area contributed by atoms with Crippen LogP contribution < -0.4 is 0 Å². The van der Waals surface area contributed by atoms with E-state index in [0.717, 1.165) is 12.8 Å². The number of hydrogen-bond acceptors (Lipinski definition) is 5. The Balaban J connectivity index is 1.85. The SMILES string of the molecule is CCCCOC[C@H]1OC(n2c(Cl)nc3cc(Cl)c(Cl)cc32)[C@H](O)[C@@H]1O. The number of aliphatic hydroxyl groups is 2. The molecule has 1 saturated heterocycles. The molecule has 0 spiro atoms. The summed E-state index contributed by atoms with van der Waals surface area (Å²) in [5, 5.41) is 21.5. The van der Waals surface area contributed by atoms with Crippen molar-refractivity contribution in [1.29, 1.82) is 0 Å². The lowest BCUT2D eigenvalue weighted by Gasteiger charge is -2.18. The first-order valence-electron chi connectivity index (χ1n) is 8.05. The summed E-state index contributed by atoms with van der Waals surface area (Å²) in [5.41, 5.74) is 1.08. The quantitative estimate of drug-likeness (QED) is 0.715. The van der Waals surface area contributed by atoms with Gasteiger partial charge in [0.25, 0.3) is 0 Å². The summed E-state index contributed by atoms with van der Waals surface area (Å²) in [4.78, 5) is 4.21. The number of hydrogen-bond donors (Lipinski definition) is 2. The Morgan fingerprint density at radius 2 is 1.92 bits per heavy atom. The molecule has 2 N–H and O–H groups in total. The van der Waals surface area contributed by atoms with E-state index >= 15 is 0 Å². The number of fused-ring (bicyclic) bond motifs is 1. The molecule has 1 aromatic heterocycles. The van der Waals surface area contributed by atoms with E-state index in [4.69, 9.17) is 44.3 Å². The first-order chi connectivity index (χ1) is 11.9. The van der Waals surface area contributed by atoms with Gasteiger partial charge in [-0.15, -0.1) is 0 Å². The van der Waals surface area contributed by atoms with Crippen LogP contribution in [-0.4, -0.2) is 51.3 Å². The second-order valence-electron chi connectivity index (χ2n) is 5.98. The number of nitrogens with zero attached hydrogens (tertiary/aromatic N) is 2. The van der Waals surface area contributed by atoms with E-state index in [2.05, 4.69) is 11.9 Å². The molecule has 1 aliphatic rings. The standard InChI is InChI=1S/C16H19Cl3N2O4/c1-2-3-4-24-7-12-13(22)14(23)15(25-12)21-11-6-9(18)8(17)5-10(11)20-16(21)19/h5-6,12-15,22-23H,2-4,7H2,1H3/t12-,13-,14-,15?/m1/s1. The van der Waals surface area contributed by atoms with Gasteiger partial charge >= 0.3 is 0 Å². The highest BCUT2D eigenvalue weighted by molar-refractivity contribution is 6.42. The minimum Gasteiger partial charge on any atom is -0.387 e. The molecular formula is C16H19Cl3N2O4. The Bertz CT molecular complexity index is 755. The first kappa shape index (κ1) is 19.2. The highest BCUT2D eigenvalue weighted by Gasteiger charge is 2.45. The minimum absolute atomic E-state index is 0.108. The largest absolute Gasteiger partial charge is 0.387 e. The molecule has 3 rings (SSSR count). The van der Waals surface area contributed by atoms with Gasteiger partial charge in [0.05, 0.1) is 27.7 Å². The minimum atomic E-state index is -1.18. The highest BCUT2D eigenvalue weighted by atomic mass is 35.5. The second kappa shape index (κ2) is 7.96. The fourth-order valence-corrected chi connectivity index (χ4v) is 3.42. The predicted molar refractivity (Wildman–Crippen MR) is 96.4 cm³/mol. The lowest BCUT2D eigenvalue weighted by Crippen LogP contribution is -2.34. The van der Waals surface area contributed by atoms with Gasteiger partial charge in [0.2, 0.25) is 5.28 Å². The Morgan fingerprint density at radius 1 is 1.20 bits per heavy atom. The zero-order chi connectivity index (χ0) is 18.1. The maximum atomic E-state index is 10.4. The second-order valence-corrected chi connectivity index (χ2v) is 7.13. The van der Waals surface area contributed by atoms with Gasteiger partial charge in [0.15, 0.2) is 6.23 Å². The van der Waals surface area contributed by atoms with Crippen LogP contribution >= 0.6 is 34.8 Å². The van der Waals surface area contributed by atoms with Gasteiger partial charge in [0.1, 0.15) is 18.3 Å². The number of benzene rings is 1. The average Bonchev–Trinajstić information content (AvgIpc) is 3.02. The number of unbranched alkanes of at least 4 members (excludes halogenated alkanes) is 1. The van der Waals surface area contributed by atoms with E-state index in [1.807, 2.05) is 0 Å². The Labute approximate surface area is 160 Å². The monoisotopic (exact) mass is 408 g/mol. The number of ether oxygens (including phenoxy) is 2. The fraction of sp³-hybridized carbons (Fsp3) is 0.562. The lowest BCUT2D eigenvalue weighted by molar-refractivity contribution is -0.0653. The molecule has 1 aromatic carbocycles. The molecule has 0 bridgehead atoms. The molecule has 0 aliphatic carbocycles. The van der Waals surface area contributed by atoms with Gasteiger partial charge in [-0.3, -0.25) is 4.57 Å². The third kappa shape index (κ3) is 3.76. The predicted octanol–water partition coefficient (Wildman–Crippen LogP) is 3.43. The molecule has 6 nitrogen and oxygen atoms in total. The van der Waals surface area contributed by atoms with Crippen molar-refractivity contribution in [2.45, 2.75) is 44.3 Å². The maximum absolute atomic E-state index is 10.4. The summed E-state index contributed by atoms with van der Waals surface area (Å²) in [5.74, 6) is 0. The fourth-order valence-electron chi connectivity index (χ4n) is 2.83.